The summed E-state index contributed by atoms with van der Waals surface area (Å²) in [6, 6.07) is 0. The van der Waals surface area contributed by atoms with Gasteiger partial charge in [0.1, 0.15) is 0 Å². The maximum absolute atomic E-state index is 11.2. The van der Waals surface area contributed by atoms with E-state index >= 15 is 0 Å². The van der Waals surface area contributed by atoms with Gasteiger partial charge in [-0.05, 0) is 33.2 Å². The van der Waals surface area contributed by atoms with Crippen molar-refractivity contribution in [1.82, 2.24) is 15.0 Å². The summed E-state index contributed by atoms with van der Waals surface area (Å²) in [5, 5.41) is 3.88. The second-order valence-electron chi connectivity index (χ2n) is 5.71. The van der Waals surface area contributed by atoms with Gasteiger partial charge < -0.3 is 16.0 Å². The summed E-state index contributed by atoms with van der Waals surface area (Å²) in [6.45, 7) is 5.75. The molecule has 0 aromatic carbocycles. The fraction of sp³-hybridized carbons (Fsp3) is 0.750. The number of piperidine rings is 1. The molecule has 7 heteroatoms. The van der Waals surface area contributed by atoms with Crippen LogP contribution in [-0.2, 0) is 16.9 Å². The molecule has 1 amide bonds. The summed E-state index contributed by atoms with van der Waals surface area (Å²) in [6.07, 6.45) is 1.81. The fourth-order valence-corrected chi connectivity index (χ4v) is 2.20. The van der Waals surface area contributed by atoms with Crippen molar-refractivity contribution in [2.75, 3.05) is 13.1 Å². The van der Waals surface area contributed by atoms with Gasteiger partial charge in [-0.3, -0.25) is 9.69 Å². The second-order valence-corrected chi connectivity index (χ2v) is 5.71. The van der Waals surface area contributed by atoms with E-state index in [0.29, 0.717) is 24.8 Å². The highest BCUT2D eigenvalue weighted by atomic mass is 16.5. The van der Waals surface area contributed by atoms with Gasteiger partial charge in [-0.25, -0.2) is 0 Å². The van der Waals surface area contributed by atoms with E-state index in [9.17, 15) is 4.79 Å². The molecular weight excluding hydrogens is 246 g/mol. The molecule has 2 rings (SSSR count). The Hall–Kier alpha value is -1.47. The van der Waals surface area contributed by atoms with E-state index in [1.165, 1.54) is 0 Å². The molecule has 1 fully saturated rings. The Morgan fingerprint density at radius 1 is 1.58 bits per heavy atom. The summed E-state index contributed by atoms with van der Waals surface area (Å²) in [5.74, 6) is 0.700. The number of nitrogens with zero attached hydrogens (tertiary/aromatic N) is 3. The lowest BCUT2D eigenvalue weighted by Gasteiger charge is -2.29. The predicted molar refractivity (Wildman–Crippen MR) is 68.7 cm³/mol. The van der Waals surface area contributed by atoms with Gasteiger partial charge in [-0.15, -0.1) is 0 Å². The molecule has 106 valence electrons. The van der Waals surface area contributed by atoms with Gasteiger partial charge in [0.2, 0.25) is 11.8 Å². The molecule has 1 aliphatic rings. The highest BCUT2D eigenvalue weighted by Crippen LogP contribution is 2.19. The van der Waals surface area contributed by atoms with Crippen LogP contribution in [0.25, 0.3) is 0 Å². The van der Waals surface area contributed by atoms with Crippen LogP contribution in [0, 0.1) is 5.92 Å². The average Bonchev–Trinajstić information content (AvgIpc) is 2.77. The number of aromatic nitrogens is 2. The minimum absolute atomic E-state index is 0.0814. The van der Waals surface area contributed by atoms with Crippen molar-refractivity contribution in [3.05, 3.63) is 11.7 Å². The van der Waals surface area contributed by atoms with E-state index in [4.69, 9.17) is 16.0 Å². The Morgan fingerprint density at radius 3 is 2.89 bits per heavy atom. The maximum atomic E-state index is 11.2. The van der Waals surface area contributed by atoms with Crippen LogP contribution in [0.2, 0.25) is 0 Å². The molecule has 1 aliphatic heterocycles. The van der Waals surface area contributed by atoms with E-state index in [1.807, 2.05) is 13.8 Å². The third-order valence-corrected chi connectivity index (χ3v) is 3.31. The zero-order chi connectivity index (χ0) is 14.0. The maximum Gasteiger partial charge on any atom is 0.240 e. The second kappa shape index (κ2) is 5.26. The monoisotopic (exact) mass is 267 g/mol. The highest BCUT2D eigenvalue weighted by Gasteiger charge is 2.26. The molecular formula is C12H21N5O2. The molecule has 1 aromatic heterocycles. The number of carbonyl (C=O) groups excluding carboxylic acids is 1. The van der Waals surface area contributed by atoms with Gasteiger partial charge in [0.05, 0.1) is 18.0 Å². The van der Waals surface area contributed by atoms with Crippen molar-refractivity contribution in [2.45, 2.75) is 38.8 Å². The van der Waals surface area contributed by atoms with Gasteiger partial charge in [-0.2, -0.15) is 4.98 Å². The summed E-state index contributed by atoms with van der Waals surface area (Å²) in [7, 11) is 0. The topological polar surface area (TPSA) is 111 Å². The van der Waals surface area contributed by atoms with Crippen LogP contribution >= 0.6 is 0 Å². The number of amides is 1. The Bertz CT molecular complexity index is 451. The third kappa shape index (κ3) is 3.51. The fourth-order valence-electron chi connectivity index (χ4n) is 2.20. The lowest BCUT2D eigenvalue weighted by Crippen LogP contribution is -2.40. The normalized spacial score (nSPS) is 21.5. The van der Waals surface area contributed by atoms with E-state index in [2.05, 4.69) is 15.0 Å². The van der Waals surface area contributed by atoms with Gasteiger partial charge in [0.25, 0.3) is 0 Å². The van der Waals surface area contributed by atoms with Crippen molar-refractivity contribution in [1.29, 1.82) is 0 Å². The Kier molecular flexibility index (Phi) is 3.86. The molecule has 1 atom stereocenters. The molecule has 0 saturated carbocycles. The van der Waals surface area contributed by atoms with E-state index in [-0.39, 0.29) is 11.8 Å². The van der Waals surface area contributed by atoms with Crippen LogP contribution in [0.15, 0.2) is 4.52 Å². The van der Waals surface area contributed by atoms with Gasteiger partial charge >= 0.3 is 0 Å². The first-order valence-electron chi connectivity index (χ1n) is 6.50. The van der Waals surface area contributed by atoms with Gasteiger partial charge in [0.15, 0.2) is 5.82 Å². The van der Waals surface area contributed by atoms with Crippen LogP contribution in [0.5, 0.6) is 0 Å². The molecule has 1 aromatic rings. The molecule has 0 aliphatic carbocycles. The molecule has 2 heterocycles. The third-order valence-electron chi connectivity index (χ3n) is 3.31. The Morgan fingerprint density at radius 2 is 2.32 bits per heavy atom. The van der Waals surface area contributed by atoms with Crippen LogP contribution < -0.4 is 11.5 Å². The smallest absolute Gasteiger partial charge is 0.240 e. The number of hydrogen-bond acceptors (Lipinski definition) is 6. The summed E-state index contributed by atoms with van der Waals surface area (Å²) >= 11 is 0. The molecule has 0 bridgehead atoms. The zero-order valence-electron chi connectivity index (χ0n) is 11.4. The molecule has 1 unspecified atom stereocenters. The Labute approximate surface area is 112 Å². The highest BCUT2D eigenvalue weighted by molar-refractivity contribution is 5.76. The summed E-state index contributed by atoms with van der Waals surface area (Å²) < 4.78 is 5.19. The minimum Gasteiger partial charge on any atom is -0.369 e. The van der Waals surface area contributed by atoms with Gasteiger partial charge in [0, 0.05) is 6.54 Å². The average molecular weight is 267 g/mol. The van der Waals surface area contributed by atoms with E-state index in [0.717, 1.165) is 19.4 Å². The molecule has 0 radical (unpaired) electrons. The summed E-state index contributed by atoms with van der Waals surface area (Å²) in [4.78, 5) is 17.6. The SMILES string of the molecule is CC(C)(N)c1noc(CN2CCCC(C(N)=O)C2)n1. The molecule has 4 N–H and O–H groups in total. The number of likely N-dealkylation sites (tertiary alicyclic amines) is 1. The van der Waals surface area contributed by atoms with Crippen molar-refractivity contribution in [3.8, 4) is 0 Å². The molecule has 19 heavy (non-hydrogen) atoms. The van der Waals surface area contributed by atoms with Crippen molar-refractivity contribution in [3.63, 3.8) is 0 Å². The van der Waals surface area contributed by atoms with Gasteiger partial charge in [-0.1, -0.05) is 5.16 Å². The number of nitrogens with two attached hydrogens (primary N) is 2. The molecule has 1 saturated heterocycles. The lowest BCUT2D eigenvalue weighted by atomic mass is 9.97. The number of rotatable bonds is 4. The number of hydrogen-bond donors (Lipinski definition) is 2. The quantitative estimate of drug-likeness (QED) is 0.791. The minimum atomic E-state index is -0.612. The van der Waals surface area contributed by atoms with E-state index in [1.54, 1.807) is 0 Å². The first-order valence-corrected chi connectivity index (χ1v) is 6.50. The van der Waals surface area contributed by atoms with Crippen LogP contribution in [-0.4, -0.2) is 34.0 Å². The zero-order valence-corrected chi connectivity index (χ0v) is 11.4. The van der Waals surface area contributed by atoms with Crippen molar-refractivity contribution >= 4 is 5.91 Å². The van der Waals surface area contributed by atoms with Crippen molar-refractivity contribution in [2.24, 2.45) is 17.4 Å². The van der Waals surface area contributed by atoms with Crippen LogP contribution in [0.4, 0.5) is 0 Å². The lowest BCUT2D eigenvalue weighted by molar-refractivity contribution is -0.123. The largest absolute Gasteiger partial charge is 0.369 e. The first-order chi connectivity index (χ1) is 8.86. The number of primary amides is 1. The Balaban J connectivity index is 1.97. The number of carbonyl (C=O) groups is 1. The predicted octanol–water partition coefficient (Wildman–Crippen LogP) is -0.0393. The standard InChI is InChI=1S/C12H21N5O2/c1-12(2,14)11-15-9(19-16-11)7-17-5-3-4-8(6-17)10(13)18/h8H,3-7,14H2,1-2H3,(H2,13,18). The van der Waals surface area contributed by atoms with E-state index < -0.39 is 5.54 Å². The van der Waals surface area contributed by atoms with Crippen LogP contribution in [0.3, 0.4) is 0 Å². The first kappa shape index (κ1) is 14.0. The van der Waals surface area contributed by atoms with Crippen molar-refractivity contribution < 1.29 is 9.32 Å². The molecule has 0 spiro atoms. The molecule has 7 nitrogen and oxygen atoms in total. The van der Waals surface area contributed by atoms with Crippen LogP contribution in [0.1, 0.15) is 38.4 Å². The summed E-state index contributed by atoms with van der Waals surface area (Å²) in [5.41, 5.74) is 10.6.